The highest BCUT2D eigenvalue weighted by Gasteiger charge is 2.21. The van der Waals surface area contributed by atoms with Crippen molar-refractivity contribution in [3.8, 4) is 0 Å². The lowest BCUT2D eigenvalue weighted by atomic mass is 9.97. The van der Waals surface area contributed by atoms with Gasteiger partial charge in [-0.25, -0.2) is 0 Å². The summed E-state index contributed by atoms with van der Waals surface area (Å²) >= 11 is 0. The maximum Gasteiger partial charge on any atom is 0.232 e. The number of aromatic nitrogens is 2. The summed E-state index contributed by atoms with van der Waals surface area (Å²) in [6, 6.07) is 10.1. The van der Waals surface area contributed by atoms with Crippen LogP contribution < -0.4 is 10.6 Å². The first-order valence-corrected chi connectivity index (χ1v) is 8.38. The van der Waals surface area contributed by atoms with Crippen molar-refractivity contribution in [2.24, 2.45) is 4.99 Å². The molecule has 0 aliphatic carbocycles. The van der Waals surface area contributed by atoms with Gasteiger partial charge in [-0.1, -0.05) is 56.3 Å². The van der Waals surface area contributed by atoms with Crippen LogP contribution in [0.2, 0.25) is 0 Å². The number of hydrogen-bond donors (Lipinski definition) is 2. The summed E-state index contributed by atoms with van der Waals surface area (Å²) in [5.74, 6) is 1.90. The molecular formula is C18H27N5O2. The topological polar surface area (TPSA) is 84.6 Å². The molecule has 2 N–H and O–H groups in total. The van der Waals surface area contributed by atoms with Crippen molar-refractivity contribution in [3.63, 3.8) is 0 Å². The lowest BCUT2D eigenvalue weighted by Gasteiger charge is -2.11. The van der Waals surface area contributed by atoms with Crippen LogP contribution in [0.3, 0.4) is 0 Å². The first kappa shape index (κ1) is 18.9. The lowest BCUT2D eigenvalue weighted by molar-refractivity contribution is 0.125. The smallest absolute Gasteiger partial charge is 0.232 e. The van der Waals surface area contributed by atoms with Crippen molar-refractivity contribution in [2.45, 2.75) is 39.3 Å². The molecule has 136 valence electrons. The van der Waals surface area contributed by atoms with E-state index in [1.807, 2.05) is 51.1 Å². The largest absolute Gasteiger partial charge is 0.375 e. The van der Waals surface area contributed by atoms with Crippen LogP contribution in [0, 0.1) is 0 Å². The minimum absolute atomic E-state index is 0.152. The van der Waals surface area contributed by atoms with Gasteiger partial charge in [0.25, 0.3) is 0 Å². The van der Waals surface area contributed by atoms with Crippen LogP contribution in [-0.2, 0) is 23.3 Å². The Morgan fingerprint density at radius 2 is 1.96 bits per heavy atom. The standard InChI is InChI=1S/C18H27N5O2/c1-18(2,3)16-22-15(23-25-16)12-21-17(19-4)20-10-11-24-13-14-8-6-5-7-9-14/h5-9H,10-13H2,1-4H3,(H2,19,20,21). The third-order valence-electron chi connectivity index (χ3n) is 3.40. The highest BCUT2D eigenvalue weighted by molar-refractivity contribution is 5.79. The monoisotopic (exact) mass is 345 g/mol. The molecule has 0 aliphatic heterocycles. The van der Waals surface area contributed by atoms with Gasteiger partial charge in [-0.2, -0.15) is 4.98 Å². The zero-order valence-electron chi connectivity index (χ0n) is 15.4. The Kier molecular flexibility index (Phi) is 6.94. The van der Waals surface area contributed by atoms with Crippen LogP contribution in [0.1, 0.15) is 38.0 Å². The number of guanidine groups is 1. The lowest BCUT2D eigenvalue weighted by Crippen LogP contribution is -2.38. The highest BCUT2D eigenvalue weighted by Crippen LogP contribution is 2.19. The fourth-order valence-corrected chi connectivity index (χ4v) is 2.02. The summed E-state index contributed by atoms with van der Waals surface area (Å²) in [7, 11) is 1.72. The Bertz CT molecular complexity index is 662. The predicted octanol–water partition coefficient (Wildman–Crippen LogP) is 2.25. The fraction of sp³-hybridized carbons (Fsp3) is 0.500. The summed E-state index contributed by atoms with van der Waals surface area (Å²) in [5, 5.41) is 10.3. The van der Waals surface area contributed by atoms with Gasteiger partial charge in [0.05, 0.1) is 19.8 Å². The highest BCUT2D eigenvalue weighted by atomic mass is 16.5. The van der Waals surface area contributed by atoms with Crippen molar-refractivity contribution in [2.75, 3.05) is 20.2 Å². The number of hydrogen-bond acceptors (Lipinski definition) is 5. The van der Waals surface area contributed by atoms with Gasteiger partial charge in [-0.15, -0.1) is 0 Å². The second-order valence-corrected chi connectivity index (χ2v) is 6.66. The molecule has 0 fully saturated rings. The molecule has 0 bridgehead atoms. The van der Waals surface area contributed by atoms with Gasteiger partial charge in [-0.3, -0.25) is 4.99 Å². The van der Waals surface area contributed by atoms with E-state index in [1.54, 1.807) is 7.05 Å². The summed E-state index contributed by atoms with van der Waals surface area (Å²) < 4.78 is 10.9. The number of ether oxygens (including phenoxy) is 1. The maximum absolute atomic E-state index is 5.63. The Balaban J connectivity index is 1.66. The predicted molar refractivity (Wildman–Crippen MR) is 97.3 cm³/mol. The molecule has 7 heteroatoms. The van der Waals surface area contributed by atoms with E-state index < -0.39 is 0 Å². The van der Waals surface area contributed by atoms with E-state index in [9.17, 15) is 0 Å². The van der Waals surface area contributed by atoms with E-state index in [4.69, 9.17) is 9.26 Å². The van der Waals surface area contributed by atoms with E-state index in [0.29, 0.717) is 44.0 Å². The molecule has 1 aromatic heterocycles. The number of nitrogens with one attached hydrogen (secondary N) is 2. The Morgan fingerprint density at radius 3 is 2.60 bits per heavy atom. The van der Waals surface area contributed by atoms with Gasteiger partial charge < -0.3 is 19.9 Å². The van der Waals surface area contributed by atoms with E-state index in [0.717, 1.165) is 5.56 Å². The molecule has 0 radical (unpaired) electrons. The van der Waals surface area contributed by atoms with Gasteiger partial charge in [0.15, 0.2) is 11.8 Å². The average molecular weight is 345 g/mol. The molecular weight excluding hydrogens is 318 g/mol. The molecule has 2 rings (SSSR count). The molecule has 0 atom stereocenters. The molecule has 0 spiro atoms. The van der Waals surface area contributed by atoms with E-state index in [2.05, 4.69) is 25.8 Å². The normalized spacial score (nSPS) is 12.2. The molecule has 1 aromatic carbocycles. The molecule has 0 saturated carbocycles. The van der Waals surface area contributed by atoms with Crippen LogP contribution in [0.4, 0.5) is 0 Å². The van der Waals surface area contributed by atoms with Crippen molar-refractivity contribution < 1.29 is 9.26 Å². The van der Waals surface area contributed by atoms with E-state index in [1.165, 1.54) is 0 Å². The van der Waals surface area contributed by atoms with Gasteiger partial charge in [0.2, 0.25) is 5.89 Å². The van der Waals surface area contributed by atoms with Crippen LogP contribution >= 0.6 is 0 Å². The second kappa shape index (κ2) is 9.17. The Labute approximate surface area is 148 Å². The van der Waals surface area contributed by atoms with Crippen molar-refractivity contribution in [3.05, 3.63) is 47.6 Å². The van der Waals surface area contributed by atoms with Gasteiger partial charge in [-0.05, 0) is 5.56 Å². The Hall–Kier alpha value is -2.41. The molecule has 25 heavy (non-hydrogen) atoms. The fourth-order valence-electron chi connectivity index (χ4n) is 2.02. The number of aliphatic imine (C=N–C) groups is 1. The van der Waals surface area contributed by atoms with Crippen LogP contribution in [0.25, 0.3) is 0 Å². The van der Waals surface area contributed by atoms with Crippen LogP contribution in [-0.4, -0.2) is 36.3 Å². The minimum atomic E-state index is -0.152. The molecule has 0 aliphatic rings. The average Bonchev–Trinajstić information content (AvgIpc) is 3.07. The van der Waals surface area contributed by atoms with Crippen molar-refractivity contribution >= 4 is 5.96 Å². The zero-order chi connectivity index (χ0) is 18.1. The minimum Gasteiger partial charge on any atom is -0.375 e. The van der Waals surface area contributed by atoms with Crippen LogP contribution in [0.5, 0.6) is 0 Å². The van der Waals surface area contributed by atoms with Crippen molar-refractivity contribution in [1.82, 2.24) is 20.8 Å². The van der Waals surface area contributed by atoms with Gasteiger partial charge >= 0.3 is 0 Å². The third-order valence-corrected chi connectivity index (χ3v) is 3.40. The van der Waals surface area contributed by atoms with Gasteiger partial charge in [0.1, 0.15) is 0 Å². The molecule has 2 aromatic rings. The summed E-state index contributed by atoms with van der Waals surface area (Å²) in [4.78, 5) is 8.55. The number of rotatable bonds is 7. The quantitative estimate of drug-likeness (QED) is 0.455. The second-order valence-electron chi connectivity index (χ2n) is 6.66. The first-order chi connectivity index (χ1) is 12.0. The number of benzene rings is 1. The third kappa shape index (κ3) is 6.54. The summed E-state index contributed by atoms with van der Waals surface area (Å²) in [6.45, 7) is 8.41. The Morgan fingerprint density at radius 1 is 1.20 bits per heavy atom. The molecule has 0 unspecified atom stereocenters. The van der Waals surface area contributed by atoms with E-state index >= 15 is 0 Å². The summed E-state index contributed by atoms with van der Waals surface area (Å²) in [5.41, 5.74) is 1.01. The maximum atomic E-state index is 5.63. The zero-order valence-corrected chi connectivity index (χ0v) is 15.4. The molecule has 0 saturated heterocycles. The SMILES string of the molecule is CN=C(NCCOCc1ccccc1)NCc1noc(C(C)(C)C)n1. The molecule has 0 amide bonds. The van der Waals surface area contributed by atoms with Gasteiger partial charge in [0, 0.05) is 19.0 Å². The first-order valence-electron chi connectivity index (χ1n) is 8.38. The van der Waals surface area contributed by atoms with E-state index in [-0.39, 0.29) is 5.41 Å². The molecule has 1 heterocycles. The van der Waals surface area contributed by atoms with Crippen LogP contribution in [0.15, 0.2) is 39.8 Å². The van der Waals surface area contributed by atoms with Crippen molar-refractivity contribution in [1.29, 1.82) is 0 Å². The summed E-state index contributed by atoms with van der Waals surface area (Å²) in [6.07, 6.45) is 0. The molecule has 7 nitrogen and oxygen atoms in total. The number of nitrogens with zero attached hydrogens (tertiary/aromatic N) is 3.